The maximum Gasteiger partial charge on any atom is 0.338 e. The Labute approximate surface area is 132 Å². The maximum absolute atomic E-state index is 12.5. The standard InChI is InChI=1S/C19H24O3/c1-2-14(13-9-5-3-6-10-13)17-18(20)15-11-7-4-8-12-16(15)22-19(17)21/h3,5-6,9-10,14-16,20H,2,4,7-8,11-12H2,1H3. The molecule has 1 N–H and O–H groups in total. The van der Waals surface area contributed by atoms with E-state index in [9.17, 15) is 9.90 Å². The van der Waals surface area contributed by atoms with Crippen LogP contribution in [0, 0.1) is 5.92 Å². The topological polar surface area (TPSA) is 46.5 Å². The molecule has 1 saturated carbocycles. The Morgan fingerprint density at radius 2 is 1.91 bits per heavy atom. The molecule has 0 radical (unpaired) electrons. The van der Waals surface area contributed by atoms with Crippen LogP contribution in [0.15, 0.2) is 41.7 Å². The summed E-state index contributed by atoms with van der Waals surface area (Å²) in [5.74, 6) is -0.124. The Morgan fingerprint density at radius 3 is 2.64 bits per heavy atom. The molecule has 3 heteroatoms. The minimum Gasteiger partial charge on any atom is -0.511 e. The molecular weight excluding hydrogens is 276 g/mol. The molecule has 3 nitrogen and oxygen atoms in total. The quantitative estimate of drug-likeness (QED) is 0.836. The lowest BCUT2D eigenvalue weighted by atomic mass is 9.81. The normalized spacial score (nSPS) is 26.9. The van der Waals surface area contributed by atoms with Crippen molar-refractivity contribution in [2.75, 3.05) is 0 Å². The van der Waals surface area contributed by atoms with Crippen LogP contribution in [0.5, 0.6) is 0 Å². The van der Waals surface area contributed by atoms with Crippen molar-refractivity contribution in [1.82, 2.24) is 0 Å². The van der Waals surface area contributed by atoms with E-state index in [1.165, 1.54) is 0 Å². The van der Waals surface area contributed by atoms with Gasteiger partial charge in [-0.3, -0.25) is 0 Å². The highest BCUT2D eigenvalue weighted by molar-refractivity contribution is 5.92. The number of benzene rings is 1. The summed E-state index contributed by atoms with van der Waals surface area (Å²) in [4.78, 5) is 12.5. The van der Waals surface area contributed by atoms with Gasteiger partial charge in [0.25, 0.3) is 0 Å². The van der Waals surface area contributed by atoms with Gasteiger partial charge in [-0.2, -0.15) is 0 Å². The molecular formula is C19H24O3. The van der Waals surface area contributed by atoms with Crippen molar-refractivity contribution >= 4 is 5.97 Å². The highest BCUT2D eigenvalue weighted by Crippen LogP contribution is 2.41. The summed E-state index contributed by atoms with van der Waals surface area (Å²) in [5.41, 5.74) is 1.55. The predicted octanol–water partition coefficient (Wildman–Crippen LogP) is 4.50. The number of carbonyl (C=O) groups excluding carboxylic acids is 1. The molecule has 118 valence electrons. The third-order valence-electron chi connectivity index (χ3n) is 5.02. The van der Waals surface area contributed by atoms with Crippen LogP contribution < -0.4 is 0 Å². The zero-order valence-electron chi connectivity index (χ0n) is 13.1. The molecule has 0 bridgehead atoms. The van der Waals surface area contributed by atoms with Crippen LogP contribution in [0.4, 0.5) is 0 Å². The number of carbonyl (C=O) groups is 1. The summed E-state index contributed by atoms with van der Waals surface area (Å²) in [6.07, 6.45) is 5.75. The van der Waals surface area contributed by atoms with Crippen LogP contribution in [-0.2, 0) is 9.53 Å². The van der Waals surface area contributed by atoms with Gasteiger partial charge in [-0.05, 0) is 31.2 Å². The first kappa shape index (κ1) is 15.1. The smallest absolute Gasteiger partial charge is 0.338 e. The first-order valence-electron chi connectivity index (χ1n) is 8.41. The molecule has 0 amide bonds. The molecule has 1 fully saturated rings. The molecule has 0 saturated heterocycles. The van der Waals surface area contributed by atoms with Gasteiger partial charge in [-0.15, -0.1) is 0 Å². The molecule has 22 heavy (non-hydrogen) atoms. The van der Waals surface area contributed by atoms with Gasteiger partial charge in [-0.1, -0.05) is 50.1 Å². The molecule has 1 aromatic carbocycles. The molecule has 3 unspecified atom stereocenters. The number of hydrogen-bond donors (Lipinski definition) is 1. The van der Waals surface area contributed by atoms with Gasteiger partial charge in [0.2, 0.25) is 0 Å². The molecule has 2 aliphatic rings. The Kier molecular flexibility index (Phi) is 4.51. The van der Waals surface area contributed by atoms with Crippen molar-refractivity contribution in [1.29, 1.82) is 0 Å². The van der Waals surface area contributed by atoms with E-state index in [4.69, 9.17) is 4.74 Å². The van der Waals surface area contributed by atoms with E-state index in [-0.39, 0.29) is 23.9 Å². The zero-order chi connectivity index (χ0) is 15.5. The molecule has 0 aromatic heterocycles. The van der Waals surface area contributed by atoms with E-state index >= 15 is 0 Å². The summed E-state index contributed by atoms with van der Waals surface area (Å²) in [6, 6.07) is 9.93. The second-order valence-corrected chi connectivity index (χ2v) is 6.36. The van der Waals surface area contributed by atoms with Crippen LogP contribution in [-0.4, -0.2) is 17.2 Å². The Hall–Kier alpha value is -1.77. The van der Waals surface area contributed by atoms with Crippen molar-refractivity contribution in [3.63, 3.8) is 0 Å². The fourth-order valence-electron chi connectivity index (χ4n) is 3.85. The largest absolute Gasteiger partial charge is 0.511 e. The Morgan fingerprint density at radius 1 is 1.18 bits per heavy atom. The number of aliphatic hydroxyl groups is 1. The molecule has 1 aliphatic carbocycles. The highest BCUT2D eigenvalue weighted by Gasteiger charge is 2.40. The van der Waals surface area contributed by atoms with Crippen molar-refractivity contribution < 1.29 is 14.6 Å². The first-order valence-corrected chi connectivity index (χ1v) is 8.41. The highest BCUT2D eigenvalue weighted by atomic mass is 16.5. The minimum atomic E-state index is -0.323. The number of esters is 1. The van der Waals surface area contributed by atoms with E-state index in [0.29, 0.717) is 11.3 Å². The number of fused-ring (bicyclic) bond motifs is 1. The molecule has 3 rings (SSSR count). The predicted molar refractivity (Wildman–Crippen MR) is 85.6 cm³/mol. The number of aliphatic hydroxyl groups excluding tert-OH is 1. The SMILES string of the molecule is CCC(C1=C(O)C2CCCCCC2OC1=O)c1ccccc1. The van der Waals surface area contributed by atoms with Crippen molar-refractivity contribution in [2.24, 2.45) is 5.92 Å². The van der Waals surface area contributed by atoms with Gasteiger partial charge in [0, 0.05) is 5.92 Å². The molecule has 0 spiro atoms. The number of hydrogen-bond acceptors (Lipinski definition) is 3. The second kappa shape index (κ2) is 6.55. The fourth-order valence-corrected chi connectivity index (χ4v) is 3.85. The number of ether oxygens (including phenoxy) is 1. The summed E-state index contributed by atoms with van der Waals surface area (Å²) in [5, 5.41) is 10.8. The van der Waals surface area contributed by atoms with Crippen LogP contribution in [0.1, 0.15) is 56.9 Å². The third kappa shape index (κ3) is 2.77. The van der Waals surface area contributed by atoms with Crippen molar-refractivity contribution in [3.8, 4) is 0 Å². The monoisotopic (exact) mass is 300 g/mol. The Bertz CT molecular complexity index is 561. The summed E-state index contributed by atoms with van der Waals surface area (Å²) in [7, 11) is 0. The van der Waals surface area contributed by atoms with Gasteiger partial charge in [-0.25, -0.2) is 4.79 Å². The van der Waals surface area contributed by atoms with E-state index in [0.717, 1.165) is 44.1 Å². The van der Waals surface area contributed by atoms with Crippen LogP contribution in [0.25, 0.3) is 0 Å². The second-order valence-electron chi connectivity index (χ2n) is 6.36. The summed E-state index contributed by atoms with van der Waals surface area (Å²) in [6.45, 7) is 2.05. The van der Waals surface area contributed by atoms with Gasteiger partial charge >= 0.3 is 5.97 Å². The van der Waals surface area contributed by atoms with Gasteiger partial charge < -0.3 is 9.84 Å². The van der Waals surface area contributed by atoms with E-state index in [2.05, 4.69) is 0 Å². The minimum absolute atomic E-state index is 0.00652. The Balaban J connectivity index is 1.99. The molecule has 1 aromatic rings. The lowest BCUT2D eigenvalue weighted by Crippen LogP contribution is -2.36. The number of rotatable bonds is 3. The maximum atomic E-state index is 12.5. The van der Waals surface area contributed by atoms with Crippen molar-refractivity contribution in [3.05, 3.63) is 47.2 Å². The first-order chi connectivity index (χ1) is 10.7. The molecule has 1 heterocycles. The summed E-state index contributed by atoms with van der Waals surface area (Å²) < 4.78 is 5.70. The van der Waals surface area contributed by atoms with E-state index in [1.54, 1.807) is 0 Å². The lowest BCUT2D eigenvalue weighted by Gasteiger charge is -2.33. The average Bonchev–Trinajstić information content (AvgIpc) is 2.77. The molecule has 3 atom stereocenters. The van der Waals surface area contributed by atoms with Gasteiger partial charge in [0.05, 0.1) is 11.5 Å². The lowest BCUT2D eigenvalue weighted by molar-refractivity contribution is -0.150. The van der Waals surface area contributed by atoms with Crippen LogP contribution in [0.3, 0.4) is 0 Å². The fraction of sp³-hybridized carbons (Fsp3) is 0.526. The zero-order valence-corrected chi connectivity index (χ0v) is 13.1. The van der Waals surface area contributed by atoms with Crippen LogP contribution in [0.2, 0.25) is 0 Å². The van der Waals surface area contributed by atoms with Gasteiger partial charge in [0.1, 0.15) is 11.9 Å². The van der Waals surface area contributed by atoms with Gasteiger partial charge in [0.15, 0.2) is 0 Å². The van der Waals surface area contributed by atoms with Crippen molar-refractivity contribution in [2.45, 2.75) is 57.5 Å². The van der Waals surface area contributed by atoms with E-state index < -0.39 is 0 Å². The van der Waals surface area contributed by atoms with Crippen LogP contribution >= 0.6 is 0 Å². The molecule has 1 aliphatic heterocycles. The third-order valence-corrected chi connectivity index (χ3v) is 5.02. The average molecular weight is 300 g/mol. The van der Waals surface area contributed by atoms with E-state index in [1.807, 2.05) is 37.3 Å². The summed E-state index contributed by atoms with van der Waals surface area (Å²) >= 11 is 0.